The number of epoxide rings is 1. The van der Waals surface area contributed by atoms with Crippen molar-refractivity contribution in [2.24, 2.45) is 0 Å². The van der Waals surface area contributed by atoms with Crippen molar-refractivity contribution in [2.75, 3.05) is 13.7 Å². The van der Waals surface area contributed by atoms with E-state index in [2.05, 4.69) is 11.4 Å². The Morgan fingerprint density at radius 2 is 2.32 bits per heavy atom. The highest BCUT2D eigenvalue weighted by Crippen LogP contribution is 2.28. The average molecular weight is 261 g/mol. The summed E-state index contributed by atoms with van der Waals surface area (Å²) >= 11 is 0. The van der Waals surface area contributed by atoms with Crippen molar-refractivity contribution >= 4 is 5.91 Å². The smallest absolute Gasteiger partial charge is 0.251 e. The SMILES string of the molecule is COc1cccc2c1CCCC(NC(=O)C1CO1)C2. The number of methoxy groups -OCH3 is 1. The van der Waals surface area contributed by atoms with Crippen LogP contribution in [-0.4, -0.2) is 31.8 Å². The first kappa shape index (κ1) is 12.5. The maximum Gasteiger partial charge on any atom is 0.251 e. The highest BCUT2D eigenvalue weighted by molar-refractivity contribution is 5.83. The van der Waals surface area contributed by atoms with Gasteiger partial charge in [-0.2, -0.15) is 0 Å². The molecule has 1 fully saturated rings. The largest absolute Gasteiger partial charge is 0.496 e. The molecule has 2 aliphatic rings. The number of nitrogens with one attached hydrogen (secondary N) is 1. The van der Waals surface area contributed by atoms with E-state index >= 15 is 0 Å². The van der Waals surface area contributed by atoms with Crippen LogP contribution in [0.5, 0.6) is 5.75 Å². The lowest BCUT2D eigenvalue weighted by Crippen LogP contribution is -2.38. The maximum atomic E-state index is 11.8. The molecule has 0 spiro atoms. The van der Waals surface area contributed by atoms with Gasteiger partial charge < -0.3 is 14.8 Å². The Labute approximate surface area is 113 Å². The van der Waals surface area contributed by atoms with Gasteiger partial charge in [-0.25, -0.2) is 0 Å². The Morgan fingerprint density at radius 1 is 1.47 bits per heavy atom. The van der Waals surface area contributed by atoms with Crippen LogP contribution in [-0.2, 0) is 22.4 Å². The molecular weight excluding hydrogens is 242 g/mol. The Morgan fingerprint density at radius 3 is 3.05 bits per heavy atom. The molecule has 4 nitrogen and oxygen atoms in total. The molecule has 0 bridgehead atoms. The monoisotopic (exact) mass is 261 g/mol. The number of amides is 1. The van der Waals surface area contributed by atoms with Crippen LogP contribution < -0.4 is 10.1 Å². The summed E-state index contributed by atoms with van der Waals surface area (Å²) in [5.74, 6) is 1.01. The molecule has 1 aliphatic carbocycles. The zero-order valence-corrected chi connectivity index (χ0v) is 11.1. The lowest BCUT2D eigenvalue weighted by molar-refractivity contribution is -0.123. The summed E-state index contributed by atoms with van der Waals surface area (Å²) in [4.78, 5) is 11.8. The molecule has 4 heteroatoms. The van der Waals surface area contributed by atoms with Crippen LogP contribution in [0.25, 0.3) is 0 Å². The van der Waals surface area contributed by atoms with Crippen molar-refractivity contribution in [1.29, 1.82) is 0 Å². The fourth-order valence-electron chi connectivity index (χ4n) is 2.79. The molecule has 0 saturated carbocycles. The molecule has 2 atom stereocenters. The fraction of sp³-hybridized carbons (Fsp3) is 0.533. The quantitative estimate of drug-likeness (QED) is 0.662. The summed E-state index contributed by atoms with van der Waals surface area (Å²) in [6.45, 7) is 0.572. The van der Waals surface area contributed by atoms with Crippen molar-refractivity contribution in [2.45, 2.75) is 37.8 Å². The molecule has 1 aromatic carbocycles. The third kappa shape index (κ3) is 2.73. The van der Waals surface area contributed by atoms with Gasteiger partial charge in [0.05, 0.1) is 13.7 Å². The molecule has 0 aromatic heterocycles. The second kappa shape index (κ2) is 5.21. The van der Waals surface area contributed by atoms with Gasteiger partial charge in [-0.1, -0.05) is 12.1 Å². The minimum absolute atomic E-state index is 0.0383. The molecule has 1 saturated heterocycles. The number of hydrogen-bond donors (Lipinski definition) is 1. The van der Waals surface area contributed by atoms with Gasteiger partial charge in [0, 0.05) is 6.04 Å². The third-order valence-corrected chi connectivity index (χ3v) is 3.87. The molecule has 102 valence electrons. The lowest BCUT2D eigenvalue weighted by atomic mass is 10.0. The van der Waals surface area contributed by atoms with E-state index in [4.69, 9.17) is 9.47 Å². The molecular formula is C15H19NO3. The zero-order valence-electron chi connectivity index (χ0n) is 11.1. The van der Waals surface area contributed by atoms with Crippen LogP contribution in [0.3, 0.4) is 0 Å². The number of fused-ring (bicyclic) bond motifs is 1. The number of benzene rings is 1. The van der Waals surface area contributed by atoms with Crippen LogP contribution in [0.15, 0.2) is 18.2 Å². The predicted octanol–water partition coefficient (Wildman–Crippen LogP) is 1.46. The van der Waals surface area contributed by atoms with E-state index in [0.717, 1.165) is 31.4 Å². The average Bonchev–Trinajstić information content (AvgIpc) is 3.24. The van der Waals surface area contributed by atoms with Gasteiger partial charge in [0.15, 0.2) is 6.10 Å². The summed E-state index contributed by atoms with van der Waals surface area (Å²) in [5, 5.41) is 3.09. The van der Waals surface area contributed by atoms with E-state index in [1.165, 1.54) is 11.1 Å². The standard InChI is InChI=1S/C15H19NO3/c1-18-13-7-2-4-10-8-11(5-3-6-12(10)13)16-15(17)14-9-19-14/h2,4,7,11,14H,3,5-6,8-9H2,1H3,(H,16,17). The van der Waals surface area contributed by atoms with E-state index in [0.29, 0.717) is 6.61 Å². The Kier molecular flexibility index (Phi) is 3.42. The van der Waals surface area contributed by atoms with Crippen molar-refractivity contribution in [1.82, 2.24) is 5.32 Å². The van der Waals surface area contributed by atoms with E-state index in [-0.39, 0.29) is 18.1 Å². The fourth-order valence-corrected chi connectivity index (χ4v) is 2.79. The highest BCUT2D eigenvalue weighted by atomic mass is 16.6. The van der Waals surface area contributed by atoms with E-state index < -0.39 is 0 Å². The Hall–Kier alpha value is -1.55. The second-order valence-electron chi connectivity index (χ2n) is 5.22. The molecule has 3 rings (SSSR count). The summed E-state index contributed by atoms with van der Waals surface area (Å²) in [7, 11) is 1.71. The highest BCUT2D eigenvalue weighted by Gasteiger charge is 2.33. The maximum absolute atomic E-state index is 11.8. The van der Waals surface area contributed by atoms with Crippen LogP contribution >= 0.6 is 0 Å². The summed E-state index contributed by atoms with van der Waals surface area (Å²) in [6.07, 6.45) is 3.78. The van der Waals surface area contributed by atoms with Crippen molar-refractivity contribution in [3.8, 4) is 5.75 Å². The van der Waals surface area contributed by atoms with Crippen molar-refractivity contribution in [3.63, 3.8) is 0 Å². The lowest BCUT2D eigenvalue weighted by Gasteiger charge is -2.16. The first-order chi connectivity index (χ1) is 9.28. The van der Waals surface area contributed by atoms with Crippen LogP contribution in [0.4, 0.5) is 0 Å². The second-order valence-corrected chi connectivity index (χ2v) is 5.22. The third-order valence-electron chi connectivity index (χ3n) is 3.87. The summed E-state index contributed by atoms with van der Waals surface area (Å²) < 4.78 is 10.4. The molecule has 1 aromatic rings. The van der Waals surface area contributed by atoms with Crippen LogP contribution in [0.1, 0.15) is 24.0 Å². The van der Waals surface area contributed by atoms with Crippen molar-refractivity contribution < 1.29 is 14.3 Å². The van der Waals surface area contributed by atoms with E-state index in [1.807, 2.05) is 12.1 Å². The first-order valence-corrected chi connectivity index (χ1v) is 6.84. The van der Waals surface area contributed by atoms with Gasteiger partial charge in [-0.3, -0.25) is 4.79 Å². The van der Waals surface area contributed by atoms with E-state index in [9.17, 15) is 4.79 Å². The Balaban J connectivity index is 1.74. The van der Waals surface area contributed by atoms with Gasteiger partial charge in [0.1, 0.15) is 5.75 Å². The van der Waals surface area contributed by atoms with Crippen LogP contribution in [0.2, 0.25) is 0 Å². The molecule has 1 N–H and O–H groups in total. The molecule has 1 aliphatic heterocycles. The van der Waals surface area contributed by atoms with Gasteiger partial charge in [0.25, 0.3) is 5.91 Å². The van der Waals surface area contributed by atoms with Crippen LogP contribution in [0, 0.1) is 0 Å². The van der Waals surface area contributed by atoms with Crippen molar-refractivity contribution in [3.05, 3.63) is 29.3 Å². The predicted molar refractivity (Wildman–Crippen MR) is 71.3 cm³/mol. The minimum atomic E-state index is -0.201. The number of carbonyl (C=O) groups is 1. The minimum Gasteiger partial charge on any atom is -0.496 e. The van der Waals surface area contributed by atoms with E-state index in [1.54, 1.807) is 7.11 Å². The van der Waals surface area contributed by atoms with Gasteiger partial charge >= 0.3 is 0 Å². The summed E-state index contributed by atoms with van der Waals surface area (Å²) in [6, 6.07) is 6.38. The normalized spacial score (nSPS) is 25.1. The number of hydrogen-bond acceptors (Lipinski definition) is 3. The van der Waals surface area contributed by atoms with Gasteiger partial charge in [-0.15, -0.1) is 0 Å². The molecule has 1 amide bonds. The molecule has 0 radical (unpaired) electrons. The first-order valence-electron chi connectivity index (χ1n) is 6.84. The number of carbonyl (C=O) groups excluding carboxylic acids is 1. The Bertz CT molecular complexity index is 482. The number of ether oxygens (including phenoxy) is 2. The van der Waals surface area contributed by atoms with Gasteiger partial charge in [0.2, 0.25) is 0 Å². The zero-order chi connectivity index (χ0) is 13.2. The van der Waals surface area contributed by atoms with Gasteiger partial charge in [-0.05, 0) is 42.9 Å². The molecule has 1 heterocycles. The number of rotatable bonds is 3. The molecule has 2 unspecified atom stereocenters. The molecule has 19 heavy (non-hydrogen) atoms. The summed E-state index contributed by atoms with van der Waals surface area (Å²) in [5.41, 5.74) is 2.59. The topological polar surface area (TPSA) is 50.9 Å².